The Labute approximate surface area is 182 Å². The Kier molecular flexibility index (Phi) is 6.26. The summed E-state index contributed by atoms with van der Waals surface area (Å²) in [7, 11) is -3.63. The van der Waals surface area contributed by atoms with Crippen LogP contribution >= 0.6 is 11.6 Å². The number of halogens is 1. The van der Waals surface area contributed by atoms with Gasteiger partial charge in [-0.25, -0.2) is 13.4 Å². The first-order chi connectivity index (χ1) is 14.4. The van der Waals surface area contributed by atoms with Crippen molar-refractivity contribution >= 4 is 33.3 Å². The van der Waals surface area contributed by atoms with Gasteiger partial charge in [0.1, 0.15) is 5.82 Å². The second-order valence-electron chi connectivity index (χ2n) is 7.66. The zero-order chi connectivity index (χ0) is 21.1. The molecule has 4 rings (SSSR count). The van der Waals surface area contributed by atoms with Crippen molar-refractivity contribution in [2.24, 2.45) is 5.92 Å². The van der Waals surface area contributed by atoms with E-state index in [1.807, 2.05) is 23.1 Å². The Bertz CT molecular complexity index is 977. The van der Waals surface area contributed by atoms with Crippen LogP contribution in [-0.2, 0) is 14.8 Å². The molecule has 2 aliphatic heterocycles. The van der Waals surface area contributed by atoms with Crippen molar-refractivity contribution in [1.29, 1.82) is 0 Å². The molecule has 7 nitrogen and oxygen atoms in total. The number of carbonyl (C=O) groups is 1. The molecule has 0 saturated carbocycles. The topological polar surface area (TPSA) is 73.8 Å². The molecule has 1 atom stereocenters. The summed E-state index contributed by atoms with van der Waals surface area (Å²) in [5, 5.41) is 0.491. The Morgan fingerprint density at radius 1 is 1.00 bits per heavy atom. The fourth-order valence-corrected chi connectivity index (χ4v) is 5.72. The second kappa shape index (κ2) is 8.91. The highest BCUT2D eigenvalue weighted by atomic mass is 35.5. The lowest BCUT2D eigenvalue weighted by atomic mass is 9.98. The highest BCUT2D eigenvalue weighted by Gasteiger charge is 2.35. The molecule has 1 amide bonds. The normalized spacial score (nSPS) is 20.9. The van der Waals surface area contributed by atoms with E-state index in [-0.39, 0.29) is 23.3 Å². The molecule has 2 aromatic rings. The van der Waals surface area contributed by atoms with E-state index in [1.165, 1.54) is 16.4 Å². The number of piperidine rings is 1. The van der Waals surface area contributed by atoms with E-state index in [0.29, 0.717) is 37.5 Å². The van der Waals surface area contributed by atoms with Crippen LogP contribution in [-0.4, -0.2) is 67.8 Å². The van der Waals surface area contributed by atoms with E-state index in [9.17, 15) is 13.2 Å². The molecule has 1 unspecified atom stereocenters. The van der Waals surface area contributed by atoms with E-state index in [2.05, 4.69) is 9.88 Å². The maximum absolute atomic E-state index is 13.1. The van der Waals surface area contributed by atoms with Crippen molar-refractivity contribution in [2.75, 3.05) is 44.2 Å². The average Bonchev–Trinajstić information content (AvgIpc) is 2.80. The lowest BCUT2D eigenvalue weighted by Gasteiger charge is -2.39. The molecule has 30 heavy (non-hydrogen) atoms. The van der Waals surface area contributed by atoms with Gasteiger partial charge in [-0.05, 0) is 49.2 Å². The minimum atomic E-state index is -3.63. The minimum Gasteiger partial charge on any atom is -0.353 e. The van der Waals surface area contributed by atoms with E-state index in [4.69, 9.17) is 11.6 Å². The quantitative estimate of drug-likeness (QED) is 0.718. The highest BCUT2D eigenvalue weighted by molar-refractivity contribution is 7.89. The van der Waals surface area contributed by atoms with Crippen LogP contribution in [0.25, 0.3) is 0 Å². The average molecular weight is 449 g/mol. The molecule has 2 aliphatic rings. The van der Waals surface area contributed by atoms with Crippen LogP contribution in [0, 0.1) is 5.92 Å². The summed E-state index contributed by atoms with van der Waals surface area (Å²) in [4.78, 5) is 21.7. The number of aromatic nitrogens is 1. The van der Waals surface area contributed by atoms with Crippen molar-refractivity contribution in [2.45, 2.75) is 17.7 Å². The van der Waals surface area contributed by atoms with E-state index < -0.39 is 10.0 Å². The summed E-state index contributed by atoms with van der Waals surface area (Å²) in [6.45, 7) is 3.35. The number of hydrogen-bond donors (Lipinski definition) is 0. The van der Waals surface area contributed by atoms with E-state index >= 15 is 0 Å². The zero-order valence-corrected chi connectivity index (χ0v) is 18.2. The first-order valence-electron chi connectivity index (χ1n) is 10.2. The first-order valence-corrected chi connectivity index (χ1v) is 12.0. The first kappa shape index (κ1) is 21.1. The third kappa shape index (κ3) is 4.45. The molecule has 0 bridgehead atoms. The number of benzene rings is 1. The maximum Gasteiger partial charge on any atom is 0.243 e. The summed E-state index contributed by atoms with van der Waals surface area (Å²) in [5.41, 5.74) is 0. The molecule has 0 aliphatic carbocycles. The third-order valence-electron chi connectivity index (χ3n) is 5.75. The molecule has 1 aromatic carbocycles. The van der Waals surface area contributed by atoms with Crippen molar-refractivity contribution in [3.05, 3.63) is 53.7 Å². The summed E-state index contributed by atoms with van der Waals surface area (Å²) in [6.07, 6.45) is 3.16. The summed E-state index contributed by atoms with van der Waals surface area (Å²) in [6, 6.07) is 12.0. The SMILES string of the molecule is O=C(C1CCCN(S(=O)(=O)c2ccc(Cl)cc2)C1)N1CCN(c2ccccn2)CC1. The summed E-state index contributed by atoms with van der Waals surface area (Å²) >= 11 is 5.88. The molecule has 2 saturated heterocycles. The zero-order valence-electron chi connectivity index (χ0n) is 16.7. The smallest absolute Gasteiger partial charge is 0.243 e. The standard InChI is InChI=1S/C21H25ClN4O3S/c22-18-6-8-19(9-7-18)30(28,29)26-11-3-4-17(16-26)21(27)25-14-12-24(13-15-25)20-5-1-2-10-23-20/h1-2,5-10,17H,3-4,11-16H2. The van der Waals surface area contributed by atoms with Gasteiger partial charge in [0.2, 0.25) is 15.9 Å². The molecular weight excluding hydrogens is 424 g/mol. The Morgan fingerprint density at radius 2 is 1.73 bits per heavy atom. The number of pyridine rings is 1. The Balaban J connectivity index is 1.39. The van der Waals surface area contributed by atoms with E-state index in [1.54, 1.807) is 18.3 Å². The fraction of sp³-hybridized carbons (Fsp3) is 0.429. The molecule has 1 aromatic heterocycles. The minimum absolute atomic E-state index is 0.0478. The fourth-order valence-electron chi connectivity index (χ4n) is 4.07. The van der Waals surface area contributed by atoms with Gasteiger partial charge in [0.05, 0.1) is 10.8 Å². The van der Waals surface area contributed by atoms with Crippen molar-refractivity contribution in [3.63, 3.8) is 0 Å². The van der Waals surface area contributed by atoms with Gasteiger partial charge in [-0.3, -0.25) is 4.79 Å². The van der Waals surface area contributed by atoms with Gasteiger partial charge in [0.25, 0.3) is 0 Å². The van der Waals surface area contributed by atoms with Gasteiger partial charge < -0.3 is 9.80 Å². The van der Waals surface area contributed by atoms with Gasteiger partial charge in [0.15, 0.2) is 0 Å². The second-order valence-corrected chi connectivity index (χ2v) is 10.0. The largest absolute Gasteiger partial charge is 0.353 e. The number of sulfonamides is 1. The van der Waals surface area contributed by atoms with Crippen LogP contribution in [0.1, 0.15) is 12.8 Å². The van der Waals surface area contributed by atoms with Gasteiger partial charge in [0, 0.05) is 50.5 Å². The molecule has 160 valence electrons. The van der Waals surface area contributed by atoms with Crippen LogP contribution in [0.2, 0.25) is 5.02 Å². The number of carbonyl (C=O) groups excluding carboxylic acids is 1. The summed E-state index contributed by atoms with van der Waals surface area (Å²) < 4.78 is 27.4. The van der Waals surface area contributed by atoms with Crippen LogP contribution in [0.3, 0.4) is 0 Å². The monoisotopic (exact) mass is 448 g/mol. The van der Waals surface area contributed by atoms with Gasteiger partial charge >= 0.3 is 0 Å². The number of nitrogens with zero attached hydrogens (tertiary/aromatic N) is 4. The summed E-state index contributed by atoms with van der Waals surface area (Å²) in [5.74, 6) is 0.663. The third-order valence-corrected chi connectivity index (χ3v) is 7.88. The van der Waals surface area contributed by atoms with Gasteiger partial charge in [-0.1, -0.05) is 17.7 Å². The lowest BCUT2D eigenvalue weighted by molar-refractivity contribution is -0.137. The maximum atomic E-state index is 13.1. The van der Waals surface area contributed by atoms with Crippen LogP contribution < -0.4 is 4.90 Å². The number of amides is 1. The predicted molar refractivity (Wildman–Crippen MR) is 116 cm³/mol. The molecule has 0 N–H and O–H groups in total. The van der Waals surface area contributed by atoms with E-state index in [0.717, 1.165) is 18.9 Å². The lowest BCUT2D eigenvalue weighted by Crippen LogP contribution is -2.53. The van der Waals surface area contributed by atoms with Crippen molar-refractivity contribution in [1.82, 2.24) is 14.2 Å². The number of anilines is 1. The highest BCUT2D eigenvalue weighted by Crippen LogP contribution is 2.26. The number of hydrogen-bond acceptors (Lipinski definition) is 5. The number of rotatable bonds is 4. The van der Waals surface area contributed by atoms with Crippen LogP contribution in [0.5, 0.6) is 0 Å². The van der Waals surface area contributed by atoms with Crippen LogP contribution in [0.15, 0.2) is 53.6 Å². The van der Waals surface area contributed by atoms with Gasteiger partial charge in [-0.15, -0.1) is 0 Å². The number of piperazine rings is 1. The van der Waals surface area contributed by atoms with Gasteiger partial charge in [-0.2, -0.15) is 4.31 Å². The van der Waals surface area contributed by atoms with Crippen LogP contribution in [0.4, 0.5) is 5.82 Å². The molecular formula is C21H25ClN4O3S. The predicted octanol–water partition coefficient (Wildman–Crippen LogP) is 2.48. The Morgan fingerprint density at radius 3 is 2.40 bits per heavy atom. The van der Waals surface area contributed by atoms with Crippen molar-refractivity contribution in [3.8, 4) is 0 Å². The molecule has 0 radical (unpaired) electrons. The Hall–Kier alpha value is -2.16. The molecule has 2 fully saturated rings. The molecule has 9 heteroatoms. The van der Waals surface area contributed by atoms with Crippen molar-refractivity contribution < 1.29 is 13.2 Å². The molecule has 3 heterocycles. The molecule has 0 spiro atoms.